The molecule has 0 radical (unpaired) electrons. The molecule has 2 aromatic heterocycles. The van der Waals surface area contributed by atoms with Crippen LogP contribution in [0.25, 0.3) is 27.6 Å². The summed E-state index contributed by atoms with van der Waals surface area (Å²) in [6, 6.07) is 17.3. The van der Waals surface area contributed by atoms with Crippen molar-refractivity contribution in [2.24, 2.45) is 5.41 Å². The van der Waals surface area contributed by atoms with E-state index in [-0.39, 0.29) is 5.97 Å². The summed E-state index contributed by atoms with van der Waals surface area (Å²) >= 11 is 1.67. The first kappa shape index (κ1) is 20.7. The van der Waals surface area contributed by atoms with E-state index in [4.69, 9.17) is 9.72 Å². The number of hydrogen-bond donors (Lipinski definition) is 0. The highest BCUT2D eigenvalue weighted by molar-refractivity contribution is 7.99. The van der Waals surface area contributed by atoms with Crippen molar-refractivity contribution in [3.8, 4) is 5.69 Å². The number of esters is 1. The van der Waals surface area contributed by atoms with Crippen molar-refractivity contribution in [2.45, 2.75) is 50.1 Å². The smallest absolute Gasteiger partial charge is 0.305 e. The molecule has 0 bridgehead atoms. The molecule has 2 aliphatic rings. The van der Waals surface area contributed by atoms with Crippen LogP contribution in [0.15, 0.2) is 59.9 Å². The number of carbonyl (C=O) groups is 1. The highest BCUT2D eigenvalue weighted by Gasteiger charge is 2.63. The number of hydrogen-bond acceptors (Lipinski definition) is 5. The van der Waals surface area contributed by atoms with E-state index in [0.29, 0.717) is 24.4 Å². The van der Waals surface area contributed by atoms with Crippen LogP contribution >= 0.6 is 11.8 Å². The lowest BCUT2D eigenvalue weighted by molar-refractivity contribution is -0.143. The lowest BCUT2D eigenvalue weighted by Crippen LogP contribution is -2.04. The minimum atomic E-state index is -0.136. The number of benzene rings is 2. The van der Waals surface area contributed by atoms with Gasteiger partial charge in [-0.15, -0.1) is 0 Å². The maximum Gasteiger partial charge on any atom is 0.305 e. The van der Waals surface area contributed by atoms with Crippen molar-refractivity contribution < 1.29 is 9.53 Å². The summed E-state index contributed by atoms with van der Waals surface area (Å²) in [7, 11) is 0. The molecule has 1 spiro atoms. The van der Waals surface area contributed by atoms with Crippen LogP contribution in [-0.2, 0) is 9.53 Å². The van der Waals surface area contributed by atoms with Crippen LogP contribution in [0.5, 0.6) is 0 Å². The highest BCUT2D eigenvalue weighted by atomic mass is 32.2. The summed E-state index contributed by atoms with van der Waals surface area (Å²) in [5, 5.41) is 3.51. The Morgan fingerprint density at radius 3 is 2.82 bits per heavy atom. The number of nitrogens with zero attached hydrogens (tertiary/aromatic N) is 3. The standard InChI is InChI=1S/C27H27N3O2S/c1-2-32-24(31)12-6-16-33-26-29-22-10-5-15-28-25(22)30(26)23-11-4-7-18-19(8-3-9-20(18)23)21-17-27(21)13-14-27/h3-5,7-11,15,21H,2,6,12-14,16-17H2,1H3. The quantitative estimate of drug-likeness (QED) is 0.177. The number of thioether (sulfide) groups is 1. The number of carbonyl (C=O) groups excluding carboxylic acids is 1. The normalized spacial score (nSPS) is 18.2. The van der Waals surface area contributed by atoms with Gasteiger partial charge < -0.3 is 4.74 Å². The van der Waals surface area contributed by atoms with Crippen LogP contribution in [0.4, 0.5) is 0 Å². The third-order valence-corrected chi connectivity index (χ3v) is 8.10. The minimum absolute atomic E-state index is 0.136. The Hall–Kier alpha value is -2.86. The Labute approximate surface area is 197 Å². The van der Waals surface area contributed by atoms with Crippen molar-refractivity contribution in [3.05, 3.63) is 60.3 Å². The second-order valence-corrected chi connectivity index (χ2v) is 10.2. The zero-order chi connectivity index (χ0) is 22.4. The van der Waals surface area contributed by atoms with Crippen LogP contribution in [0.2, 0.25) is 0 Å². The van der Waals surface area contributed by atoms with Crippen molar-refractivity contribution in [3.63, 3.8) is 0 Å². The van der Waals surface area contributed by atoms with E-state index in [9.17, 15) is 4.79 Å². The molecule has 2 aliphatic carbocycles. The number of rotatable bonds is 8. The summed E-state index contributed by atoms with van der Waals surface area (Å²) in [6.07, 6.45) is 7.12. The SMILES string of the molecule is CCOC(=O)CCCSc1nc2cccnc2n1-c1cccc2c(C3CC34CC4)cccc12. The van der Waals surface area contributed by atoms with Crippen molar-refractivity contribution in [1.82, 2.24) is 14.5 Å². The molecule has 0 amide bonds. The average molecular weight is 458 g/mol. The summed E-state index contributed by atoms with van der Waals surface area (Å²) < 4.78 is 7.25. The van der Waals surface area contributed by atoms with Gasteiger partial charge in [-0.2, -0.15) is 0 Å². The molecule has 1 atom stereocenters. The lowest BCUT2D eigenvalue weighted by Gasteiger charge is -2.14. The Kier molecular flexibility index (Phi) is 5.13. The third kappa shape index (κ3) is 3.70. The van der Waals surface area contributed by atoms with Crippen LogP contribution < -0.4 is 0 Å². The van der Waals surface area contributed by atoms with Gasteiger partial charge in [-0.3, -0.25) is 9.36 Å². The van der Waals surface area contributed by atoms with Crippen LogP contribution in [-0.4, -0.2) is 32.9 Å². The van der Waals surface area contributed by atoms with Gasteiger partial charge in [0, 0.05) is 23.8 Å². The maximum absolute atomic E-state index is 11.7. The molecule has 4 aromatic rings. The largest absolute Gasteiger partial charge is 0.466 e. The van der Waals surface area contributed by atoms with Crippen molar-refractivity contribution >= 4 is 39.7 Å². The minimum Gasteiger partial charge on any atom is -0.466 e. The first-order valence-corrected chi connectivity index (χ1v) is 12.8. The number of pyridine rings is 1. The molecule has 168 valence electrons. The summed E-state index contributed by atoms with van der Waals surface area (Å²) in [4.78, 5) is 21.3. The Morgan fingerprint density at radius 1 is 1.15 bits per heavy atom. The van der Waals surface area contributed by atoms with Gasteiger partial charge in [0.15, 0.2) is 10.8 Å². The monoisotopic (exact) mass is 457 g/mol. The first-order valence-electron chi connectivity index (χ1n) is 11.8. The predicted octanol–water partition coefficient (Wildman–Crippen LogP) is 6.28. The van der Waals surface area contributed by atoms with Gasteiger partial charge in [0.05, 0.1) is 12.3 Å². The topological polar surface area (TPSA) is 57.0 Å². The van der Waals surface area contributed by atoms with Gasteiger partial charge >= 0.3 is 5.97 Å². The summed E-state index contributed by atoms with van der Waals surface area (Å²) in [5.41, 5.74) is 4.99. The van der Waals surface area contributed by atoms with E-state index in [1.807, 2.05) is 25.3 Å². The van der Waals surface area contributed by atoms with E-state index in [2.05, 4.69) is 45.9 Å². The van der Waals surface area contributed by atoms with Gasteiger partial charge in [-0.25, -0.2) is 9.97 Å². The Bertz CT molecular complexity index is 1360. The Morgan fingerprint density at radius 2 is 2.00 bits per heavy atom. The molecular formula is C27H27N3O2S. The molecule has 6 rings (SSSR count). The molecule has 2 saturated carbocycles. The molecule has 33 heavy (non-hydrogen) atoms. The van der Waals surface area contributed by atoms with E-state index in [1.165, 1.54) is 35.6 Å². The van der Waals surface area contributed by atoms with Gasteiger partial charge in [0.25, 0.3) is 0 Å². The van der Waals surface area contributed by atoms with Crippen molar-refractivity contribution in [2.75, 3.05) is 12.4 Å². The maximum atomic E-state index is 11.7. The van der Waals surface area contributed by atoms with E-state index >= 15 is 0 Å². The highest BCUT2D eigenvalue weighted by Crippen LogP contribution is 2.75. The number of aromatic nitrogens is 3. The fourth-order valence-corrected chi connectivity index (χ4v) is 6.08. The first-order chi connectivity index (χ1) is 16.2. The molecule has 2 fully saturated rings. The zero-order valence-corrected chi connectivity index (χ0v) is 19.6. The van der Waals surface area contributed by atoms with Gasteiger partial charge in [0.1, 0.15) is 5.52 Å². The van der Waals surface area contributed by atoms with Crippen LogP contribution in [0.3, 0.4) is 0 Å². The average Bonchev–Trinajstić information content (AvgIpc) is 3.73. The number of imidazole rings is 1. The third-order valence-electron chi connectivity index (χ3n) is 7.08. The molecule has 0 N–H and O–H groups in total. The molecule has 5 nitrogen and oxygen atoms in total. The molecule has 2 aromatic carbocycles. The summed E-state index contributed by atoms with van der Waals surface area (Å²) in [6.45, 7) is 2.27. The number of fused-ring (bicyclic) bond motifs is 2. The van der Waals surface area contributed by atoms with Gasteiger partial charge in [-0.1, -0.05) is 42.1 Å². The molecule has 1 unspecified atom stereocenters. The second kappa shape index (κ2) is 8.17. The van der Waals surface area contributed by atoms with Gasteiger partial charge in [-0.05, 0) is 73.1 Å². The van der Waals surface area contributed by atoms with E-state index < -0.39 is 0 Å². The molecule has 0 saturated heterocycles. The molecule has 0 aliphatic heterocycles. The zero-order valence-electron chi connectivity index (χ0n) is 18.8. The van der Waals surface area contributed by atoms with E-state index in [0.717, 1.165) is 34.2 Å². The molecular weight excluding hydrogens is 430 g/mol. The van der Waals surface area contributed by atoms with Gasteiger partial charge in [0.2, 0.25) is 0 Å². The van der Waals surface area contributed by atoms with Crippen LogP contribution in [0.1, 0.15) is 50.5 Å². The molecule has 2 heterocycles. The molecule has 6 heteroatoms. The predicted molar refractivity (Wildman–Crippen MR) is 132 cm³/mol. The van der Waals surface area contributed by atoms with Crippen molar-refractivity contribution in [1.29, 1.82) is 0 Å². The number of ether oxygens (including phenoxy) is 1. The fourth-order valence-electron chi connectivity index (χ4n) is 5.14. The summed E-state index contributed by atoms with van der Waals surface area (Å²) in [5.74, 6) is 1.37. The Balaban J connectivity index is 1.38. The van der Waals surface area contributed by atoms with Crippen LogP contribution in [0, 0.1) is 5.41 Å². The fraction of sp³-hybridized carbons (Fsp3) is 0.370. The van der Waals surface area contributed by atoms with E-state index in [1.54, 1.807) is 11.8 Å². The second-order valence-electron chi connectivity index (χ2n) is 9.17. The lowest BCUT2D eigenvalue weighted by atomic mass is 9.98.